The smallest absolute Gasteiger partial charge is 0.203 e. The molecule has 0 aliphatic carbocycles. The van der Waals surface area contributed by atoms with Crippen LogP contribution < -0.4 is 33.2 Å². The summed E-state index contributed by atoms with van der Waals surface area (Å²) in [5, 5.41) is 10.0. The molecule has 37 heavy (non-hydrogen) atoms. The molecule has 3 aromatic carbocycles. The van der Waals surface area contributed by atoms with E-state index >= 15 is 0 Å². The topological polar surface area (TPSA) is 102 Å². The molecular formula is C28H28O9. The first-order valence-electron chi connectivity index (χ1n) is 11.2. The molecule has 1 heterocycles. The van der Waals surface area contributed by atoms with Crippen LogP contribution in [0.2, 0.25) is 0 Å². The molecule has 1 aliphatic rings. The van der Waals surface area contributed by atoms with Crippen LogP contribution in [0.25, 0.3) is 6.08 Å². The van der Waals surface area contributed by atoms with Gasteiger partial charge in [0.05, 0.1) is 48.2 Å². The number of hydrogen-bond acceptors (Lipinski definition) is 9. The number of phenolic OH excluding ortho intramolecular Hbond substituents is 1. The first-order chi connectivity index (χ1) is 17.9. The van der Waals surface area contributed by atoms with Gasteiger partial charge < -0.3 is 38.3 Å². The highest BCUT2D eigenvalue weighted by atomic mass is 16.5. The van der Waals surface area contributed by atoms with Gasteiger partial charge in [0, 0.05) is 11.1 Å². The highest BCUT2D eigenvalue weighted by Gasteiger charge is 2.35. The molecule has 0 saturated heterocycles. The van der Waals surface area contributed by atoms with Crippen LogP contribution in [-0.2, 0) is 0 Å². The molecule has 1 unspecified atom stereocenters. The maximum absolute atomic E-state index is 13.8. The van der Waals surface area contributed by atoms with E-state index in [-0.39, 0.29) is 17.1 Å². The number of methoxy groups -OCH3 is 6. The fourth-order valence-corrected chi connectivity index (χ4v) is 4.27. The molecule has 194 valence electrons. The van der Waals surface area contributed by atoms with E-state index in [0.717, 1.165) is 0 Å². The van der Waals surface area contributed by atoms with E-state index in [1.807, 2.05) is 0 Å². The van der Waals surface area contributed by atoms with Crippen molar-refractivity contribution in [2.45, 2.75) is 6.10 Å². The molecule has 0 amide bonds. The van der Waals surface area contributed by atoms with Crippen molar-refractivity contribution in [3.05, 3.63) is 64.7 Å². The second kappa shape index (κ2) is 10.6. The zero-order valence-electron chi connectivity index (χ0n) is 21.4. The highest BCUT2D eigenvalue weighted by molar-refractivity contribution is 6.15. The molecule has 4 rings (SSSR count). The molecule has 1 N–H and O–H groups in total. The summed E-state index contributed by atoms with van der Waals surface area (Å²) in [4.78, 5) is 13.8. The Kier molecular flexibility index (Phi) is 7.33. The Hall–Kier alpha value is -4.53. The lowest BCUT2D eigenvalue weighted by Crippen LogP contribution is -2.24. The van der Waals surface area contributed by atoms with Crippen LogP contribution in [0.1, 0.15) is 27.6 Å². The number of rotatable bonds is 8. The molecule has 9 nitrogen and oxygen atoms in total. The summed E-state index contributed by atoms with van der Waals surface area (Å²) >= 11 is 0. The fourth-order valence-electron chi connectivity index (χ4n) is 4.27. The van der Waals surface area contributed by atoms with Gasteiger partial charge in [-0.2, -0.15) is 0 Å². The predicted molar refractivity (Wildman–Crippen MR) is 136 cm³/mol. The molecule has 1 aliphatic heterocycles. The molecule has 0 fully saturated rings. The van der Waals surface area contributed by atoms with E-state index in [4.69, 9.17) is 33.2 Å². The SMILES string of the molecule is COc1cc(/C=C2/C(=O)c3cc(O)ccc3OC2c2cc(OC)c(OC)c(OC)c2)cc(OC)c1OC. The summed E-state index contributed by atoms with van der Waals surface area (Å²) in [5.74, 6) is 2.50. The number of carbonyl (C=O) groups excluding carboxylic acids is 1. The van der Waals surface area contributed by atoms with Crippen LogP contribution in [-0.4, -0.2) is 53.5 Å². The summed E-state index contributed by atoms with van der Waals surface area (Å²) in [6.45, 7) is 0. The van der Waals surface area contributed by atoms with Crippen molar-refractivity contribution < 1.29 is 43.1 Å². The minimum Gasteiger partial charge on any atom is -0.508 e. The van der Waals surface area contributed by atoms with Gasteiger partial charge in [0.2, 0.25) is 11.5 Å². The largest absolute Gasteiger partial charge is 0.508 e. The van der Waals surface area contributed by atoms with E-state index in [0.29, 0.717) is 56.9 Å². The zero-order chi connectivity index (χ0) is 26.7. The quantitative estimate of drug-likeness (QED) is 0.428. The number of ether oxygens (including phenoxy) is 7. The van der Waals surface area contributed by atoms with Gasteiger partial charge >= 0.3 is 0 Å². The Morgan fingerprint density at radius 3 is 1.73 bits per heavy atom. The Bertz CT molecular complexity index is 1310. The summed E-state index contributed by atoms with van der Waals surface area (Å²) in [6.07, 6.45) is 0.852. The van der Waals surface area contributed by atoms with Crippen molar-refractivity contribution in [2.75, 3.05) is 42.7 Å². The third-order valence-corrected chi connectivity index (χ3v) is 6.00. The number of carbonyl (C=O) groups is 1. The lowest BCUT2D eigenvalue weighted by molar-refractivity contribution is 0.0962. The molecule has 0 spiro atoms. The van der Waals surface area contributed by atoms with E-state index in [9.17, 15) is 9.90 Å². The summed E-state index contributed by atoms with van der Waals surface area (Å²) in [6, 6.07) is 11.3. The van der Waals surface area contributed by atoms with Gasteiger partial charge in [0.25, 0.3) is 0 Å². The van der Waals surface area contributed by atoms with E-state index in [1.54, 1.807) is 36.4 Å². The van der Waals surface area contributed by atoms with Crippen molar-refractivity contribution in [1.82, 2.24) is 0 Å². The van der Waals surface area contributed by atoms with Crippen molar-refractivity contribution in [1.29, 1.82) is 0 Å². The van der Waals surface area contributed by atoms with E-state index in [2.05, 4.69) is 0 Å². The number of phenols is 1. The van der Waals surface area contributed by atoms with Gasteiger partial charge in [-0.15, -0.1) is 0 Å². The lowest BCUT2D eigenvalue weighted by Gasteiger charge is -2.29. The first-order valence-corrected chi connectivity index (χ1v) is 11.2. The predicted octanol–water partition coefficient (Wildman–Crippen LogP) is 4.84. The summed E-state index contributed by atoms with van der Waals surface area (Å²) < 4.78 is 39.2. The lowest BCUT2D eigenvalue weighted by atomic mass is 9.89. The second-order valence-corrected chi connectivity index (χ2v) is 8.02. The van der Waals surface area contributed by atoms with Crippen molar-refractivity contribution in [3.8, 4) is 46.0 Å². The molecule has 0 saturated carbocycles. The molecule has 3 aromatic rings. The van der Waals surface area contributed by atoms with Crippen LogP contribution in [0.4, 0.5) is 0 Å². The fraction of sp³-hybridized carbons (Fsp3) is 0.250. The van der Waals surface area contributed by atoms with Crippen molar-refractivity contribution in [3.63, 3.8) is 0 Å². The Labute approximate surface area is 214 Å². The normalized spacial score (nSPS) is 15.5. The number of fused-ring (bicyclic) bond motifs is 1. The maximum atomic E-state index is 13.8. The minimum atomic E-state index is -0.836. The van der Waals surface area contributed by atoms with E-state index < -0.39 is 6.10 Å². The van der Waals surface area contributed by atoms with Crippen molar-refractivity contribution in [2.24, 2.45) is 0 Å². The number of benzene rings is 3. The van der Waals surface area contributed by atoms with Gasteiger partial charge in [0.15, 0.2) is 34.9 Å². The summed E-state index contributed by atoms with van der Waals surface area (Å²) in [7, 11) is 9.08. The number of ketones is 1. The number of aromatic hydroxyl groups is 1. The standard InChI is InChI=1S/C28H28O9/c1-31-21-10-15(11-22(32-2)27(21)35-5)9-19-25(30)18-14-17(29)7-8-20(18)37-26(19)16-12-23(33-3)28(36-6)24(13-16)34-4/h7-14,26,29H,1-6H3/b19-9-. The zero-order valence-corrected chi connectivity index (χ0v) is 21.4. The van der Waals surface area contributed by atoms with Crippen molar-refractivity contribution >= 4 is 11.9 Å². The van der Waals surface area contributed by atoms with Crippen LogP contribution in [0.3, 0.4) is 0 Å². The molecule has 0 bridgehead atoms. The Balaban J connectivity index is 1.95. The number of hydrogen-bond donors (Lipinski definition) is 1. The highest BCUT2D eigenvalue weighted by Crippen LogP contribution is 2.46. The second-order valence-electron chi connectivity index (χ2n) is 8.02. The van der Waals surface area contributed by atoms with Crippen LogP contribution >= 0.6 is 0 Å². The molecule has 9 heteroatoms. The average molecular weight is 509 g/mol. The van der Waals surface area contributed by atoms with Gasteiger partial charge in [-0.3, -0.25) is 4.79 Å². The van der Waals surface area contributed by atoms with Gasteiger partial charge in [-0.05, 0) is 54.1 Å². The maximum Gasteiger partial charge on any atom is 0.203 e. The first kappa shape index (κ1) is 25.6. The molecule has 0 radical (unpaired) electrons. The summed E-state index contributed by atoms with van der Waals surface area (Å²) in [5.41, 5.74) is 1.76. The third-order valence-electron chi connectivity index (χ3n) is 6.00. The van der Waals surface area contributed by atoms with Crippen LogP contribution in [0.15, 0.2) is 48.0 Å². The Morgan fingerprint density at radius 2 is 1.24 bits per heavy atom. The average Bonchev–Trinajstić information content (AvgIpc) is 2.93. The molecule has 0 aromatic heterocycles. The monoisotopic (exact) mass is 508 g/mol. The Morgan fingerprint density at radius 1 is 0.730 bits per heavy atom. The van der Waals surface area contributed by atoms with Crippen LogP contribution in [0, 0.1) is 0 Å². The van der Waals surface area contributed by atoms with Crippen LogP contribution in [0.5, 0.6) is 46.0 Å². The molecular weight excluding hydrogens is 480 g/mol. The van der Waals surface area contributed by atoms with Gasteiger partial charge in [-0.25, -0.2) is 0 Å². The van der Waals surface area contributed by atoms with E-state index in [1.165, 1.54) is 54.8 Å². The number of Topliss-reactive ketones (excluding diaryl/α,β-unsaturated/α-hetero) is 1. The van der Waals surface area contributed by atoms with Gasteiger partial charge in [0.1, 0.15) is 11.5 Å². The van der Waals surface area contributed by atoms with Gasteiger partial charge in [-0.1, -0.05) is 0 Å². The minimum absolute atomic E-state index is 0.0472. The molecule has 1 atom stereocenters. The third kappa shape index (κ3) is 4.67.